The van der Waals surface area contributed by atoms with Gasteiger partial charge in [0.15, 0.2) is 17.9 Å². The van der Waals surface area contributed by atoms with Crippen molar-refractivity contribution in [2.24, 2.45) is 0 Å². The Morgan fingerprint density at radius 1 is 0.893 bits per heavy atom. The van der Waals surface area contributed by atoms with Crippen molar-refractivity contribution < 1.29 is 40.5 Å². The van der Waals surface area contributed by atoms with E-state index in [2.05, 4.69) is 0 Å². The SMILES string of the molecule is CC1(C)O[C@H]2[C@@H](O1)[C@@H](COS(=O)(=O)Oc1ccccc1)O[C@@H]1OC(C)(C)O[C@@H]12. The van der Waals surface area contributed by atoms with Crippen LogP contribution in [0.1, 0.15) is 27.7 Å². The molecule has 156 valence electrons. The van der Waals surface area contributed by atoms with Crippen molar-refractivity contribution >= 4 is 10.4 Å². The Kier molecular flexibility index (Phi) is 4.94. The molecule has 9 nitrogen and oxygen atoms in total. The van der Waals surface area contributed by atoms with Crippen molar-refractivity contribution in [3.63, 3.8) is 0 Å². The monoisotopic (exact) mass is 416 g/mol. The first-order valence-electron chi connectivity index (χ1n) is 9.04. The molecule has 0 aliphatic carbocycles. The third-order valence-corrected chi connectivity index (χ3v) is 5.39. The number of fused-ring (bicyclic) bond motifs is 3. The zero-order valence-electron chi connectivity index (χ0n) is 16.1. The number of hydrogen-bond donors (Lipinski definition) is 0. The maximum Gasteiger partial charge on any atom is 0.449 e. The van der Waals surface area contributed by atoms with E-state index in [0.29, 0.717) is 0 Å². The molecule has 0 spiro atoms. The Hall–Kier alpha value is -1.27. The minimum absolute atomic E-state index is 0.154. The fraction of sp³-hybridized carbons (Fsp3) is 0.667. The molecule has 1 aromatic carbocycles. The van der Waals surface area contributed by atoms with Gasteiger partial charge in [0.25, 0.3) is 0 Å². The van der Waals surface area contributed by atoms with Gasteiger partial charge in [0, 0.05) is 0 Å². The highest BCUT2D eigenvalue weighted by atomic mass is 32.3. The average molecular weight is 416 g/mol. The van der Waals surface area contributed by atoms with Gasteiger partial charge in [0.1, 0.15) is 30.2 Å². The highest BCUT2D eigenvalue weighted by molar-refractivity contribution is 7.82. The lowest BCUT2D eigenvalue weighted by atomic mass is 9.99. The summed E-state index contributed by atoms with van der Waals surface area (Å²) in [4.78, 5) is 0. The van der Waals surface area contributed by atoms with Crippen LogP contribution in [0.5, 0.6) is 5.75 Å². The summed E-state index contributed by atoms with van der Waals surface area (Å²) in [7, 11) is -4.28. The number of benzene rings is 1. The van der Waals surface area contributed by atoms with Gasteiger partial charge < -0.3 is 27.9 Å². The number of rotatable bonds is 5. The fourth-order valence-corrected chi connectivity index (χ4v) is 4.29. The van der Waals surface area contributed by atoms with Gasteiger partial charge in [0.05, 0.1) is 6.61 Å². The van der Waals surface area contributed by atoms with Crippen molar-refractivity contribution in [3.8, 4) is 5.75 Å². The van der Waals surface area contributed by atoms with Crippen LogP contribution in [-0.4, -0.2) is 57.3 Å². The second-order valence-electron chi connectivity index (χ2n) is 7.80. The Morgan fingerprint density at radius 2 is 1.50 bits per heavy atom. The van der Waals surface area contributed by atoms with Crippen LogP contribution in [0.15, 0.2) is 30.3 Å². The smallest absolute Gasteiger partial charge is 0.362 e. The molecule has 4 rings (SSSR count). The molecule has 0 amide bonds. The van der Waals surface area contributed by atoms with Crippen molar-refractivity contribution in [2.75, 3.05) is 6.61 Å². The van der Waals surface area contributed by atoms with Gasteiger partial charge in [-0.3, -0.25) is 0 Å². The summed E-state index contributed by atoms with van der Waals surface area (Å²) in [6.45, 7) is 6.77. The van der Waals surface area contributed by atoms with Gasteiger partial charge in [0.2, 0.25) is 0 Å². The van der Waals surface area contributed by atoms with Crippen molar-refractivity contribution in [1.29, 1.82) is 0 Å². The van der Waals surface area contributed by atoms with Gasteiger partial charge in [-0.2, -0.15) is 8.42 Å². The van der Waals surface area contributed by atoms with E-state index in [1.807, 2.05) is 0 Å². The van der Waals surface area contributed by atoms with Crippen LogP contribution in [0.2, 0.25) is 0 Å². The maximum atomic E-state index is 12.2. The molecule has 28 heavy (non-hydrogen) atoms. The molecule has 0 aromatic heterocycles. The van der Waals surface area contributed by atoms with E-state index < -0.39 is 52.7 Å². The van der Waals surface area contributed by atoms with E-state index in [4.69, 9.17) is 32.1 Å². The molecule has 3 aliphatic heterocycles. The molecule has 0 radical (unpaired) electrons. The van der Waals surface area contributed by atoms with Crippen LogP contribution >= 0.6 is 0 Å². The van der Waals surface area contributed by atoms with Crippen molar-refractivity contribution in [2.45, 2.75) is 70.0 Å². The summed E-state index contributed by atoms with van der Waals surface area (Å²) in [6, 6.07) is 8.09. The van der Waals surface area contributed by atoms with Gasteiger partial charge in [-0.25, -0.2) is 4.18 Å². The number of hydrogen-bond acceptors (Lipinski definition) is 9. The molecule has 0 saturated carbocycles. The molecule has 0 N–H and O–H groups in total. The number of ether oxygens (including phenoxy) is 5. The highest BCUT2D eigenvalue weighted by Gasteiger charge is 2.60. The fourth-order valence-electron chi connectivity index (χ4n) is 3.60. The molecule has 0 bridgehead atoms. The lowest BCUT2D eigenvalue weighted by molar-refractivity contribution is -0.238. The van der Waals surface area contributed by atoms with E-state index in [0.717, 1.165) is 0 Å². The largest absolute Gasteiger partial charge is 0.449 e. The summed E-state index contributed by atoms with van der Waals surface area (Å²) < 4.78 is 63.8. The summed E-state index contributed by atoms with van der Waals surface area (Å²) in [6.07, 6.45) is -3.03. The number of para-hydroxylation sites is 1. The van der Waals surface area contributed by atoms with Gasteiger partial charge in [-0.05, 0) is 39.8 Å². The minimum atomic E-state index is -4.28. The Balaban J connectivity index is 1.46. The molecule has 3 heterocycles. The van der Waals surface area contributed by atoms with E-state index in [1.54, 1.807) is 45.9 Å². The van der Waals surface area contributed by atoms with Gasteiger partial charge in [-0.1, -0.05) is 18.2 Å². The van der Waals surface area contributed by atoms with Crippen LogP contribution in [0.3, 0.4) is 0 Å². The molecular weight excluding hydrogens is 392 g/mol. The predicted octanol–water partition coefficient (Wildman–Crippen LogP) is 1.72. The van der Waals surface area contributed by atoms with Gasteiger partial charge in [-0.15, -0.1) is 0 Å². The topological polar surface area (TPSA) is 98.8 Å². The first-order valence-corrected chi connectivity index (χ1v) is 10.4. The van der Waals surface area contributed by atoms with Crippen LogP contribution in [-0.2, 0) is 38.3 Å². The second kappa shape index (κ2) is 6.91. The van der Waals surface area contributed by atoms with E-state index in [-0.39, 0.29) is 12.4 Å². The zero-order chi connectivity index (χ0) is 20.2. The first kappa shape index (κ1) is 20.0. The molecule has 3 saturated heterocycles. The quantitative estimate of drug-likeness (QED) is 0.710. The lowest BCUT2D eigenvalue weighted by Crippen LogP contribution is -2.56. The third kappa shape index (κ3) is 4.18. The minimum Gasteiger partial charge on any atom is -0.362 e. The van der Waals surface area contributed by atoms with Crippen LogP contribution in [0.25, 0.3) is 0 Å². The lowest BCUT2D eigenvalue weighted by Gasteiger charge is -2.36. The van der Waals surface area contributed by atoms with Gasteiger partial charge >= 0.3 is 10.4 Å². The van der Waals surface area contributed by atoms with Crippen LogP contribution in [0, 0.1) is 0 Å². The molecule has 3 fully saturated rings. The highest BCUT2D eigenvalue weighted by Crippen LogP contribution is 2.44. The Labute approximate surface area is 164 Å². The van der Waals surface area contributed by atoms with Crippen LogP contribution < -0.4 is 4.18 Å². The standard InChI is InChI=1S/C18H24O9S/c1-17(2)23-13-12(10-21-28(19,20)27-11-8-6-5-7-9-11)22-16-15(14(13)24-17)25-18(3,4)26-16/h5-9,12-16H,10H2,1-4H3/t12-,13+,14+,15-,16-/m1/s1. The van der Waals surface area contributed by atoms with E-state index in [9.17, 15) is 8.42 Å². The summed E-state index contributed by atoms with van der Waals surface area (Å²) >= 11 is 0. The molecular formula is C18H24O9S. The summed E-state index contributed by atoms with van der Waals surface area (Å²) in [5.74, 6) is -1.57. The molecule has 3 aliphatic rings. The van der Waals surface area contributed by atoms with Crippen molar-refractivity contribution in [1.82, 2.24) is 0 Å². The maximum absolute atomic E-state index is 12.2. The van der Waals surface area contributed by atoms with E-state index >= 15 is 0 Å². The second-order valence-corrected chi connectivity index (χ2v) is 9.02. The zero-order valence-corrected chi connectivity index (χ0v) is 16.9. The van der Waals surface area contributed by atoms with Crippen molar-refractivity contribution in [3.05, 3.63) is 30.3 Å². The summed E-state index contributed by atoms with van der Waals surface area (Å²) in [5, 5.41) is 0. The Bertz CT molecular complexity index is 808. The third-order valence-electron chi connectivity index (χ3n) is 4.57. The molecule has 5 atom stereocenters. The normalized spacial score (nSPS) is 35.9. The van der Waals surface area contributed by atoms with Crippen LogP contribution in [0.4, 0.5) is 0 Å². The summed E-state index contributed by atoms with van der Waals surface area (Å²) in [5.41, 5.74) is 0. The molecule has 10 heteroatoms. The average Bonchev–Trinajstić information content (AvgIpc) is 3.07. The predicted molar refractivity (Wildman–Crippen MR) is 94.5 cm³/mol. The Morgan fingerprint density at radius 3 is 2.21 bits per heavy atom. The first-order chi connectivity index (χ1) is 13.0. The molecule has 0 unspecified atom stereocenters. The molecule has 1 aromatic rings. The van der Waals surface area contributed by atoms with E-state index in [1.165, 1.54) is 12.1 Å².